The standard InChI is InChI=1S/C48H60N2O18S4/c1-7-49-38-14-12-34-36(27-32(69(53,54)55)29-40(34)71(59,60)61)45(38)47(3,4)42(49)25-31(2)26-43-48(5,16-18-66-21-22-68-24-23-67-20-19-65-6)46-37-28-33(70(56,57)58)30-41(72(62,63)64)35(37)13-15-39(46)50(43)17-10-8-9-11-44(51)52/h12-15,25-30H,7-11,16-24H2,1-6H3,(H4-,51,52,53,54,55,56,57,58,59,60,61,62,63,64)/p-3. The molecule has 2 aliphatic heterocycles. The molecule has 0 saturated heterocycles. The van der Waals surface area contributed by atoms with E-state index in [1.54, 1.807) is 26.2 Å². The van der Waals surface area contributed by atoms with Gasteiger partial charge in [-0.05, 0) is 124 Å². The van der Waals surface area contributed by atoms with E-state index in [1.165, 1.54) is 12.1 Å². The maximum absolute atomic E-state index is 12.8. The second-order valence-corrected chi connectivity index (χ2v) is 23.7. The number of fused-ring (bicyclic) bond motifs is 6. The summed E-state index contributed by atoms with van der Waals surface area (Å²) in [5.74, 6) is -0.966. The smallest absolute Gasteiger partial charge is 0.303 e. The molecule has 20 nitrogen and oxygen atoms in total. The van der Waals surface area contributed by atoms with Gasteiger partial charge in [-0.15, -0.1) is 0 Å². The number of hydrogen-bond donors (Lipinski definition) is 1. The molecule has 4 aromatic rings. The predicted octanol–water partition coefficient (Wildman–Crippen LogP) is 5.34. The Kier molecular flexibility index (Phi) is 17.3. The van der Waals surface area contributed by atoms with Crippen LogP contribution in [0.15, 0.2) is 91.5 Å². The maximum Gasteiger partial charge on any atom is 0.303 e. The molecule has 2 heterocycles. The predicted molar refractivity (Wildman–Crippen MR) is 260 cm³/mol. The summed E-state index contributed by atoms with van der Waals surface area (Å²) in [7, 11) is -19.6. The lowest BCUT2D eigenvalue weighted by Gasteiger charge is -2.31. The molecule has 0 fully saturated rings. The largest absolute Gasteiger partial charge is 0.744 e. The Morgan fingerprint density at radius 1 is 0.681 bits per heavy atom. The third-order valence-corrected chi connectivity index (χ3v) is 16.4. The minimum absolute atomic E-state index is 0.0174. The summed E-state index contributed by atoms with van der Waals surface area (Å²) in [5, 5.41) is 9.25. The minimum atomic E-state index is -5.36. The summed E-state index contributed by atoms with van der Waals surface area (Å²) in [5.41, 5.74) is 1.50. The molecule has 4 aromatic carbocycles. The molecule has 0 amide bonds. The van der Waals surface area contributed by atoms with Crippen molar-refractivity contribution in [3.8, 4) is 0 Å². The van der Waals surface area contributed by atoms with E-state index in [1.807, 2.05) is 49.3 Å². The molecular weight excluding hydrogens is 1020 g/mol. The Hall–Kier alpha value is -4.70. The average Bonchev–Trinajstić information content (AvgIpc) is 3.64. The van der Waals surface area contributed by atoms with Gasteiger partial charge in [-0.3, -0.25) is 4.79 Å². The van der Waals surface area contributed by atoms with Crippen molar-refractivity contribution in [1.82, 2.24) is 0 Å². The van der Waals surface area contributed by atoms with Crippen LogP contribution < -0.4 is 4.90 Å². The summed E-state index contributed by atoms with van der Waals surface area (Å²) < 4.78 is 175. The highest BCUT2D eigenvalue weighted by Gasteiger charge is 2.47. The van der Waals surface area contributed by atoms with Crippen molar-refractivity contribution < 1.29 is 85.3 Å². The Balaban J connectivity index is 1.53. The van der Waals surface area contributed by atoms with Crippen LogP contribution in [0, 0.1) is 0 Å². The topological polar surface area (TPSA) is 309 Å². The van der Waals surface area contributed by atoms with Crippen LogP contribution >= 0.6 is 0 Å². The van der Waals surface area contributed by atoms with Crippen molar-refractivity contribution in [3.63, 3.8) is 0 Å². The number of methoxy groups -OCH3 is 1. The van der Waals surface area contributed by atoms with Crippen molar-refractivity contribution >= 4 is 85.1 Å². The fourth-order valence-corrected chi connectivity index (χ4v) is 12.4. The maximum atomic E-state index is 12.8. The zero-order chi connectivity index (χ0) is 53.2. The fraction of sp³-hybridized carbons (Fsp3) is 0.458. The van der Waals surface area contributed by atoms with E-state index >= 15 is 0 Å². The number of anilines is 1. The van der Waals surface area contributed by atoms with E-state index in [0.29, 0.717) is 104 Å². The summed E-state index contributed by atoms with van der Waals surface area (Å²) in [4.78, 5) is 9.78. The highest BCUT2D eigenvalue weighted by molar-refractivity contribution is 7.87. The molecule has 0 spiro atoms. The van der Waals surface area contributed by atoms with Crippen LogP contribution in [-0.2, 0) is 75.0 Å². The Morgan fingerprint density at radius 3 is 1.69 bits per heavy atom. The molecule has 394 valence electrons. The van der Waals surface area contributed by atoms with E-state index in [4.69, 9.17) is 18.9 Å². The van der Waals surface area contributed by atoms with Crippen LogP contribution in [0.25, 0.3) is 21.5 Å². The zero-order valence-electron chi connectivity index (χ0n) is 40.6. The third kappa shape index (κ3) is 12.1. The number of carboxylic acids is 1. The molecule has 1 N–H and O–H groups in total. The molecule has 1 unspecified atom stereocenters. The SMILES string of the molecule is CC[N+]1=C(/C=C(C)/C=C2/N(CCCCCC(=O)O)c3ccc4c(S(=O)(=O)[O-])cc(S(=O)(=O)[O-])cc4c3C2(C)CCOCCOCCOCCOC)C(C)(C)c2c1ccc1c(S(=O)(=O)[O-])cc(S(=O)(=O)[O-])cc21. The molecule has 0 radical (unpaired) electrons. The molecular formula is C48H57N2O18S4-3. The van der Waals surface area contributed by atoms with E-state index < -0.39 is 76.9 Å². The normalized spacial score (nSPS) is 17.9. The number of carbonyl (C=O) groups is 1. The van der Waals surface area contributed by atoms with Crippen molar-refractivity contribution in [2.75, 3.05) is 71.3 Å². The fourth-order valence-electron chi connectivity index (χ4n) is 9.75. The van der Waals surface area contributed by atoms with E-state index in [-0.39, 0.29) is 60.8 Å². The van der Waals surface area contributed by atoms with Crippen LogP contribution in [0.4, 0.5) is 11.4 Å². The monoisotopic (exact) mass is 1080 g/mol. The van der Waals surface area contributed by atoms with Gasteiger partial charge >= 0.3 is 5.97 Å². The number of nitrogens with zero attached hydrogens (tertiary/aromatic N) is 2. The zero-order valence-corrected chi connectivity index (χ0v) is 43.9. The Morgan fingerprint density at radius 2 is 1.19 bits per heavy atom. The quantitative estimate of drug-likeness (QED) is 0.0497. The van der Waals surface area contributed by atoms with Gasteiger partial charge < -0.3 is 47.2 Å². The molecule has 2 aliphatic rings. The van der Waals surface area contributed by atoms with Crippen molar-refractivity contribution in [3.05, 3.63) is 83.1 Å². The van der Waals surface area contributed by atoms with Gasteiger partial charge in [-0.2, -0.15) is 4.58 Å². The van der Waals surface area contributed by atoms with Gasteiger partial charge in [0.1, 0.15) is 47.0 Å². The van der Waals surface area contributed by atoms with Crippen molar-refractivity contribution in [2.45, 2.75) is 97.1 Å². The Bertz CT molecular complexity index is 3330. The summed E-state index contributed by atoms with van der Waals surface area (Å²) in [6.07, 6.45) is 5.12. The molecule has 0 aliphatic carbocycles. The van der Waals surface area contributed by atoms with Crippen LogP contribution in [-0.4, -0.2) is 140 Å². The number of allylic oxidation sites excluding steroid dienone is 4. The molecule has 0 bridgehead atoms. The molecule has 6 rings (SSSR count). The highest BCUT2D eigenvalue weighted by atomic mass is 32.2. The summed E-state index contributed by atoms with van der Waals surface area (Å²) >= 11 is 0. The van der Waals surface area contributed by atoms with Gasteiger partial charge in [-0.25, -0.2) is 33.7 Å². The first-order valence-electron chi connectivity index (χ1n) is 22.9. The number of rotatable bonds is 25. The second-order valence-electron chi connectivity index (χ2n) is 18.2. The molecule has 24 heteroatoms. The van der Waals surface area contributed by atoms with Crippen LogP contribution in [0.3, 0.4) is 0 Å². The second kappa shape index (κ2) is 22.0. The van der Waals surface area contributed by atoms with Gasteiger partial charge in [0.2, 0.25) is 5.69 Å². The molecule has 0 aromatic heterocycles. The number of ether oxygens (including phenoxy) is 4. The number of aliphatic carboxylic acids is 1. The van der Waals surface area contributed by atoms with Gasteiger partial charge in [-0.1, -0.05) is 12.5 Å². The number of unbranched alkanes of at least 4 members (excludes halogenated alkanes) is 2. The number of carboxylic acid groups (broad SMARTS) is 1. The highest BCUT2D eigenvalue weighted by Crippen LogP contribution is 2.54. The summed E-state index contributed by atoms with van der Waals surface area (Å²) in [6.45, 7) is 11.6. The van der Waals surface area contributed by atoms with Crippen molar-refractivity contribution in [1.29, 1.82) is 0 Å². The lowest BCUT2D eigenvalue weighted by molar-refractivity contribution is -0.433. The van der Waals surface area contributed by atoms with Crippen LogP contribution in [0.2, 0.25) is 0 Å². The average molecular weight is 1080 g/mol. The van der Waals surface area contributed by atoms with Crippen LogP contribution in [0.1, 0.15) is 77.8 Å². The van der Waals surface area contributed by atoms with Gasteiger partial charge in [0.05, 0.1) is 64.6 Å². The Labute approximate surface area is 419 Å². The van der Waals surface area contributed by atoms with Crippen LogP contribution in [0.5, 0.6) is 0 Å². The van der Waals surface area contributed by atoms with Gasteiger partial charge in [0.25, 0.3) is 0 Å². The van der Waals surface area contributed by atoms with E-state index in [2.05, 4.69) is 0 Å². The summed E-state index contributed by atoms with van der Waals surface area (Å²) in [6, 6.07) is 9.26. The lowest BCUT2D eigenvalue weighted by Crippen LogP contribution is -2.31. The number of benzene rings is 4. The molecule has 1 atom stereocenters. The first-order chi connectivity index (χ1) is 33.6. The van der Waals surface area contributed by atoms with Gasteiger partial charge in [0.15, 0.2) is 5.71 Å². The first kappa shape index (κ1) is 56.6. The van der Waals surface area contributed by atoms with Crippen molar-refractivity contribution in [2.24, 2.45) is 0 Å². The first-order valence-corrected chi connectivity index (χ1v) is 28.5. The molecule has 72 heavy (non-hydrogen) atoms. The molecule has 0 saturated carbocycles. The third-order valence-electron chi connectivity index (χ3n) is 13.0. The van der Waals surface area contributed by atoms with Gasteiger partial charge in [0, 0.05) is 66.6 Å². The van der Waals surface area contributed by atoms with E-state index in [0.717, 1.165) is 12.1 Å². The minimum Gasteiger partial charge on any atom is -0.744 e. The number of hydrogen-bond acceptors (Lipinski definition) is 18. The van der Waals surface area contributed by atoms with E-state index in [9.17, 15) is 61.8 Å². The lowest BCUT2D eigenvalue weighted by atomic mass is 9.76.